The van der Waals surface area contributed by atoms with Crippen LogP contribution in [-0.2, 0) is 0 Å². The number of hydrogen-bond donors (Lipinski definition) is 1. The van der Waals surface area contributed by atoms with Crippen molar-refractivity contribution in [3.05, 3.63) is 24.3 Å². The number of thioether (sulfide) groups is 1. The summed E-state index contributed by atoms with van der Waals surface area (Å²) in [4.78, 5) is 0. The number of rotatable bonds is 0. The zero-order valence-electron chi connectivity index (χ0n) is 12.7. The van der Waals surface area contributed by atoms with Gasteiger partial charge in [-0.1, -0.05) is 38.2 Å². The van der Waals surface area contributed by atoms with Gasteiger partial charge in [0.1, 0.15) is 0 Å². The highest BCUT2D eigenvalue weighted by Gasteiger charge is 2.58. The lowest BCUT2D eigenvalue weighted by molar-refractivity contribution is 0.0655. The van der Waals surface area contributed by atoms with E-state index in [4.69, 9.17) is 5.73 Å². The summed E-state index contributed by atoms with van der Waals surface area (Å²) in [5, 5.41) is 0.811. The predicted molar refractivity (Wildman–Crippen MR) is 87.7 cm³/mol. The van der Waals surface area contributed by atoms with Gasteiger partial charge in [-0.05, 0) is 48.9 Å². The Balaban J connectivity index is 1.68. The van der Waals surface area contributed by atoms with Crippen LogP contribution in [0.3, 0.4) is 0 Å². The molecule has 0 radical (unpaired) electrons. The van der Waals surface area contributed by atoms with Crippen molar-refractivity contribution in [1.29, 1.82) is 0 Å². The van der Waals surface area contributed by atoms with E-state index in [2.05, 4.69) is 49.9 Å². The molecule has 0 spiro atoms. The Kier molecular flexibility index (Phi) is 2.96. The van der Waals surface area contributed by atoms with Crippen LogP contribution in [0, 0.1) is 28.6 Å². The molecule has 0 aromatic heterocycles. The van der Waals surface area contributed by atoms with Gasteiger partial charge in [0.25, 0.3) is 0 Å². The van der Waals surface area contributed by atoms with Crippen molar-refractivity contribution in [3.8, 4) is 0 Å². The van der Waals surface area contributed by atoms with Gasteiger partial charge in [0.2, 0.25) is 0 Å². The van der Waals surface area contributed by atoms with E-state index in [9.17, 15) is 0 Å². The van der Waals surface area contributed by atoms with Gasteiger partial charge in [0.15, 0.2) is 0 Å². The number of nitrogens with two attached hydrogens (primary N) is 1. The first-order chi connectivity index (χ1) is 9.56. The lowest BCUT2D eigenvalue weighted by Crippen LogP contribution is -2.55. The Morgan fingerprint density at radius 1 is 1.10 bits per heavy atom. The molecule has 4 aliphatic rings. The molecule has 1 aliphatic heterocycles. The Morgan fingerprint density at radius 2 is 1.95 bits per heavy atom. The minimum Gasteiger partial charge on any atom is -0.327 e. The lowest BCUT2D eigenvalue weighted by Gasteiger charge is -2.57. The molecule has 1 heterocycles. The maximum absolute atomic E-state index is 6.47. The molecule has 2 heteroatoms. The third kappa shape index (κ3) is 1.61. The fourth-order valence-electron chi connectivity index (χ4n) is 5.69. The summed E-state index contributed by atoms with van der Waals surface area (Å²) >= 11 is 2.25. The molecule has 2 saturated carbocycles. The first-order valence-corrected chi connectivity index (χ1v) is 9.34. The summed E-state index contributed by atoms with van der Waals surface area (Å²) in [5.74, 6) is 3.81. The Bertz CT molecular complexity index is 470. The highest BCUT2D eigenvalue weighted by atomic mass is 32.2. The third-order valence-electron chi connectivity index (χ3n) is 7.10. The average molecular weight is 289 g/mol. The van der Waals surface area contributed by atoms with Crippen molar-refractivity contribution in [2.45, 2.75) is 50.8 Å². The topological polar surface area (TPSA) is 26.0 Å². The minimum atomic E-state index is 0.385. The second-order valence-corrected chi connectivity index (χ2v) is 9.12. The summed E-state index contributed by atoms with van der Waals surface area (Å²) in [7, 11) is 0. The summed E-state index contributed by atoms with van der Waals surface area (Å²) in [6.07, 6.45) is 14.9. The van der Waals surface area contributed by atoms with Crippen molar-refractivity contribution in [2.24, 2.45) is 34.3 Å². The second kappa shape index (κ2) is 4.39. The molecule has 4 rings (SSSR count). The molecule has 0 bridgehead atoms. The van der Waals surface area contributed by atoms with Crippen LogP contribution in [0.2, 0.25) is 0 Å². The van der Waals surface area contributed by atoms with Crippen molar-refractivity contribution in [2.75, 3.05) is 5.75 Å². The van der Waals surface area contributed by atoms with Crippen molar-refractivity contribution in [1.82, 2.24) is 0 Å². The molecule has 110 valence electrons. The highest BCUT2D eigenvalue weighted by molar-refractivity contribution is 8.00. The molecule has 2 N–H and O–H groups in total. The van der Waals surface area contributed by atoms with Gasteiger partial charge in [-0.3, -0.25) is 0 Å². The molecule has 0 amide bonds. The van der Waals surface area contributed by atoms with E-state index in [1.54, 1.807) is 0 Å². The van der Waals surface area contributed by atoms with Crippen LogP contribution in [0.5, 0.6) is 0 Å². The quantitative estimate of drug-likeness (QED) is 0.729. The Morgan fingerprint density at radius 3 is 2.80 bits per heavy atom. The van der Waals surface area contributed by atoms with Crippen LogP contribution in [0.1, 0.15) is 39.5 Å². The molecule has 3 aliphatic carbocycles. The number of hydrogen-bond acceptors (Lipinski definition) is 2. The minimum absolute atomic E-state index is 0.385. The number of allylic oxidation sites excluding steroid dienone is 4. The van der Waals surface area contributed by atoms with Crippen molar-refractivity contribution in [3.63, 3.8) is 0 Å². The van der Waals surface area contributed by atoms with Crippen LogP contribution in [0.4, 0.5) is 0 Å². The first kappa shape index (κ1) is 13.5. The van der Waals surface area contributed by atoms with E-state index >= 15 is 0 Å². The molecular weight excluding hydrogens is 262 g/mol. The second-order valence-electron chi connectivity index (χ2n) is 7.99. The fraction of sp³-hybridized carbons (Fsp3) is 0.778. The molecule has 20 heavy (non-hydrogen) atoms. The van der Waals surface area contributed by atoms with E-state index in [-0.39, 0.29) is 0 Å². The van der Waals surface area contributed by atoms with Crippen molar-refractivity contribution >= 4 is 11.8 Å². The highest BCUT2D eigenvalue weighted by Crippen LogP contribution is 2.63. The van der Waals surface area contributed by atoms with E-state index < -0.39 is 0 Å². The maximum Gasteiger partial charge on any atom is 0.0172 e. The molecule has 2 unspecified atom stereocenters. The summed E-state index contributed by atoms with van der Waals surface area (Å²) < 4.78 is 0. The van der Waals surface area contributed by atoms with Crippen molar-refractivity contribution < 1.29 is 0 Å². The van der Waals surface area contributed by atoms with Crippen LogP contribution >= 0.6 is 11.8 Å². The summed E-state index contributed by atoms with van der Waals surface area (Å²) in [5.41, 5.74) is 7.26. The average Bonchev–Trinajstić information content (AvgIpc) is 2.74. The van der Waals surface area contributed by atoms with Gasteiger partial charge in [-0.25, -0.2) is 0 Å². The molecular formula is C18H27NS. The lowest BCUT2D eigenvalue weighted by atomic mass is 9.57. The van der Waals surface area contributed by atoms with Crippen LogP contribution in [0.25, 0.3) is 0 Å². The van der Waals surface area contributed by atoms with Gasteiger partial charge in [0.05, 0.1) is 0 Å². The smallest absolute Gasteiger partial charge is 0.0172 e. The van der Waals surface area contributed by atoms with Gasteiger partial charge in [-0.2, -0.15) is 11.8 Å². The molecule has 1 nitrogen and oxygen atoms in total. The van der Waals surface area contributed by atoms with Gasteiger partial charge in [0, 0.05) is 22.5 Å². The predicted octanol–water partition coefficient (Wildman–Crippen LogP) is 4.00. The van der Waals surface area contributed by atoms with E-state index in [1.165, 1.54) is 31.4 Å². The molecule has 7 atom stereocenters. The fourth-order valence-corrected chi connectivity index (χ4v) is 7.84. The first-order valence-electron chi connectivity index (χ1n) is 8.29. The molecule has 0 aromatic carbocycles. The zero-order valence-corrected chi connectivity index (χ0v) is 13.5. The number of fused-ring (bicyclic) bond motifs is 5. The maximum atomic E-state index is 6.47. The van der Waals surface area contributed by atoms with Gasteiger partial charge < -0.3 is 5.73 Å². The van der Waals surface area contributed by atoms with Crippen LogP contribution in [-0.4, -0.2) is 17.0 Å². The monoisotopic (exact) mass is 289 g/mol. The Hall–Kier alpha value is -0.210. The summed E-state index contributed by atoms with van der Waals surface area (Å²) in [6.45, 7) is 4.99. The third-order valence-corrected chi connectivity index (χ3v) is 9.10. The van der Waals surface area contributed by atoms with Gasteiger partial charge in [-0.15, -0.1) is 0 Å². The van der Waals surface area contributed by atoms with E-state index in [0.29, 0.717) is 16.9 Å². The largest absolute Gasteiger partial charge is 0.327 e. The Labute approximate surface area is 127 Å². The van der Waals surface area contributed by atoms with Crippen LogP contribution < -0.4 is 5.73 Å². The van der Waals surface area contributed by atoms with Crippen LogP contribution in [0.15, 0.2) is 24.3 Å². The molecule has 1 saturated heterocycles. The molecule has 3 fully saturated rings. The molecule has 0 aromatic rings. The summed E-state index contributed by atoms with van der Waals surface area (Å²) in [6, 6.07) is 0.438. The SMILES string of the molecule is C[C@]12C=CC=CC1CC[C@@H]1[C@H]2SC[C@]2(C)C(N)CC[C@@H]12. The van der Waals surface area contributed by atoms with E-state index in [1.807, 2.05) is 0 Å². The standard InChI is InChI=1S/C18H27NS/c1-17-10-4-3-5-12(17)6-7-13-14-8-9-15(19)18(14,2)11-20-16(13)17/h3-5,10,12-16H,6-9,11,19H2,1-2H3/t12?,13-,14-,15?,16+,17-,18-/m0/s1. The zero-order chi connectivity index (χ0) is 14.0. The van der Waals surface area contributed by atoms with Gasteiger partial charge >= 0.3 is 0 Å². The normalized spacial score (nSPS) is 57.0. The van der Waals surface area contributed by atoms with E-state index in [0.717, 1.165) is 23.0 Å².